The number of rotatable bonds is 6. The van der Waals surface area contributed by atoms with E-state index in [1.54, 1.807) is 0 Å². The van der Waals surface area contributed by atoms with Gasteiger partial charge >= 0.3 is 0 Å². The quantitative estimate of drug-likeness (QED) is 0.157. The second-order valence-electron chi connectivity index (χ2n) is 16.0. The van der Waals surface area contributed by atoms with Crippen LogP contribution >= 0.6 is 0 Å². The van der Waals surface area contributed by atoms with Gasteiger partial charge in [-0.05, 0) is 103 Å². The minimum absolute atomic E-state index is 0.00785. The van der Waals surface area contributed by atoms with Crippen LogP contribution in [0.5, 0.6) is 0 Å². The Bertz CT molecular complexity index is 3940. The van der Waals surface area contributed by atoms with Gasteiger partial charge in [-0.25, -0.2) is 0 Å². The first-order valence-corrected chi connectivity index (χ1v) is 20.9. The fourth-order valence-corrected chi connectivity index (χ4v) is 10.1. The lowest BCUT2D eigenvalue weighted by Crippen LogP contribution is -2.12. The van der Waals surface area contributed by atoms with Crippen molar-refractivity contribution in [3.05, 3.63) is 227 Å². The highest BCUT2D eigenvalue weighted by Gasteiger charge is 2.27. The van der Waals surface area contributed by atoms with Crippen molar-refractivity contribution in [2.45, 2.75) is 0 Å². The van der Waals surface area contributed by atoms with E-state index in [9.17, 15) is 9.59 Å². The van der Waals surface area contributed by atoms with Crippen molar-refractivity contribution in [2.24, 2.45) is 0 Å². The van der Waals surface area contributed by atoms with E-state index in [0.29, 0.717) is 21.5 Å². The van der Waals surface area contributed by atoms with Gasteiger partial charge in [-0.1, -0.05) is 103 Å². The predicted octanol–water partition coefficient (Wildman–Crippen LogP) is 13.6. The van der Waals surface area contributed by atoms with E-state index in [1.165, 1.54) is 0 Å². The van der Waals surface area contributed by atoms with Gasteiger partial charge in [-0.2, -0.15) is 0 Å². The number of aromatic nitrogens is 2. The van der Waals surface area contributed by atoms with Crippen LogP contribution in [0, 0.1) is 0 Å². The van der Waals surface area contributed by atoms with Crippen LogP contribution in [-0.2, 0) is 0 Å². The van der Waals surface area contributed by atoms with Crippen molar-refractivity contribution in [1.82, 2.24) is 8.80 Å². The summed E-state index contributed by atoms with van der Waals surface area (Å²) in [6, 6.07) is 70.2. The molecule has 0 fully saturated rings. The van der Waals surface area contributed by atoms with Gasteiger partial charge in [-0.15, -0.1) is 0 Å². The summed E-state index contributed by atoms with van der Waals surface area (Å²) in [5.41, 5.74) is 11.1. The molecule has 0 saturated carbocycles. The molecule has 6 heteroatoms. The molecule has 4 heterocycles. The number of hydrogen-bond acceptors (Lipinski definition) is 4. The number of pyridine rings is 2. The molecule has 0 aliphatic rings. The van der Waals surface area contributed by atoms with E-state index < -0.39 is 0 Å². The van der Waals surface area contributed by atoms with Crippen LogP contribution < -0.4 is 20.7 Å². The Morgan fingerprint density at radius 1 is 0.274 bits per heavy atom. The van der Waals surface area contributed by atoms with E-state index in [2.05, 4.69) is 110 Å². The number of anilines is 6. The molecule has 13 rings (SSSR count). The molecular formula is C56H34N4O2. The second kappa shape index (κ2) is 13.0. The highest BCUT2D eigenvalue weighted by molar-refractivity contribution is 6.31. The molecule has 0 amide bonds. The lowest BCUT2D eigenvalue weighted by Gasteiger charge is -2.26. The fourth-order valence-electron chi connectivity index (χ4n) is 10.1. The molecule has 0 bridgehead atoms. The first kappa shape index (κ1) is 34.4. The highest BCUT2D eigenvalue weighted by atomic mass is 16.1. The van der Waals surface area contributed by atoms with Crippen LogP contribution in [0.25, 0.3) is 76.2 Å². The standard InChI is InChI=1S/C56H34N4O2/c61-55-42-25-13-15-27-48(42)59-50-30-29-41-44-31-39(57(35-17-5-1-6-18-35)36-19-7-2-8-20-36)33-46-52(44)60(49-28-16-14-26-43(49)56(46)62)54(41)51(50)45-32-40(34-47(55)53(45)59)58(37-21-9-3-10-22-37)38-23-11-4-12-24-38/h1-34H. The average molecular weight is 795 g/mol. The van der Waals surface area contributed by atoms with Crippen LogP contribution in [0.4, 0.5) is 34.1 Å². The molecule has 6 nitrogen and oxygen atoms in total. The molecule has 0 saturated heterocycles. The minimum Gasteiger partial charge on any atom is -0.310 e. The lowest BCUT2D eigenvalue weighted by atomic mass is 10.0. The summed E-state index contributed by atoms with van der Waals surface area (Å²) in [6.45, 7) is 0. The van der Waals surface area contributed by atoms with E-state index >= 15 is 0 Å². The van der Waals surface area contributed by atoms with E-state index in [4.69, 9.17) is 0 Å². The second-order valence-corrected chi connectivity index (χ2v) is 16.0. The first-order valence-electron chi connectivity index (χ1n) is 20.9. The molecule has 13 aromatic rings. The van der Waals surface area contributed by atoms with Crippen LogP contribution in [0.3, 0.4) is 0 Å². The summed E-state index contributed by atoms with van der Waals surface area (Å²) in [7, 11) is 0. The minimum atomic E-state index is -0.00845. The van der Waals surface area contributed by atoms with Gasteiger partial charge in [-0.3, -0.25) is 9.59 Å². The number of fused-ring (bicyclic) bond motifs is 11. The first-order chi connectivity index (χ1) is 30.6. The molecule has 0 spiro atoms. The fraction of sp³-hybridized carbons (Fsp3) is 0. The van der Waals surface area contributed by atoms with Gasteiger partial charge in [0.15, 0.2) is 10.9 Å². The summed E-state index contributed by atoms with van der Waals surface area (Å²) < 4.78 is 4.59. The maximum atomic E-state index is 14.9. The highest BCUT2D eigenvalue weighted by Crippen LogP contribution is 2.47. The summed E-state index contributed by atoms with van der Waals surface area (Å²) in [5, 5.41) is 6.58. The molecule has 0 radical (unpaired) electrons. The van der Waals surface area contributed by atoms with Crippen LogP contribution in [-0.4, -0.2) is 8.80 Å². The summed E-state index contributed by atoms with van der Waals surface area (Å²) in [6.07, 6.45) is 0. The van der Waals surface area contributed by atoms with Crippen molar-refractivity contribution in [2.75, 3.05) is 9.80 Å². The van der Waals surface area contributed by atoms with Gasteiger partial charge in [0, 0.05) is 77.2 Å². The molecule has 0 aliphatic carbocycles. The third kappa shape index (κ3) is 4.74. The monoisotopic (exact) mass is 794 g/mol. The van der Waals surface area contributed by atoms with Crippen molar-refractivity contribution in [1.29, 1.82) is 0 Å². The van der Waals surface area contributed by atoms with Crippen LogP contribution in [0.15, 0.2) is 216 Å². The maximum absolute atomic E-state index is 14.9. The summed E-state index contributed by atoms with van der Waals surface area (Å²) >= 11 is 0. The van der Waals surface area contributed by atoms with E-state index in [0.717, 1.165) is 88.8 Å². The largest absolute Gasteiger partial charge is 0.310 e. The molecule has 62 heavy (non-hydrogen) atoms. The Balaban J connectivity index is 1.24. The van der Waals surface area contributed by atoms with Crippen LogP contribution in [0.1, 0.15) is 0 Å². The molecule has 0 N–H and O–H groups in total. The zero-order valence-corrected chi connectivity index (χ0v) is 33.2. The molecule has 4 aromatic heterocycles. The molecule has 9 aromatic carbocycles. The zero-order chi connectivity index (χ0) is 41.1. The molecule has 0 atom stereocenters. The van der Waals surface area contributed by atoms with Gasteiger partial charge in [0.05, 0.1) is 33.1 Å². The molecular weight excluding hydrogens is 761 g/mol. The van der Waals surface area contributed by atoms with E-state index in [1.807, 2.05) is 115 Å². The topological polar surface area (TPSA) is 49.4 Å². The summed E-state index contributed by atoms with van der Waals surface area (Å²) in [5.74, 6) is 0. The lowest BCUT2D eigenvalue weighted by molar-refractivity contribution is 1.29. The number of benzene rings is 9. The van der Waals surface area contributed by atoms with E-state index in [-0.39, 0.29) is 10.9 Å². The average Bonchev–Trinajstić information content (AvgIpc) is 3.85. The molecule has 0 unspecified atom stereocenters. The molecule has 290 valence electrons. The van der Waals surface area contributed by atoms with Crippen molar-refractivity contribution in [3.63, 3.8) is 0 Å². The van der Waals surface area contributed by atoms with Crippen LogP contribution in [0.2, 0.25) is 0 Å². The zero-order valence-electron chi connectivity index (χ0n) is 33.2. The third-order valence-corrected chi connectivity index (χ3v) is 12.7. The normalized spacial score (nSPS) is 12.0. The van der Waals surface area contributed by atoms with Gasteiger partial charge < -0.3 is 18.6 Å². The number of para-hydroxylation sites is 6. The molecule has 0 aliphatic heterocycles. The smallest absolute Gasteiger partial charge is 0.197 e. The third-order valence-electron chi connectivity index (χ3n) is 12.7. The Morgan fingerprint density at radius 2 is 0.661 bits per heavy atom. The Kier molecular flexibility index (Phi) is 7.22. The van der Waals surface area contributed by atoms with Gasteiger partial charge in [0.2, 0.25) is 0 Å². The Labute approximate surface area is 354 Å². The maximum Gasteiger partial charge on any atom is 0.197 e. The van der Waals surface area contributed by atoms with Gasteiger partial charge in [0.1, 0.15) is 0 Å². The Morgan fingerprint density at radius 3 is 1.15 bits per heavy atom. The van der Waals surface area contributed by atoms with Crippen molar-refractivity contribution < 1.29 is 0 Å². The SMILES string of the molecule is O=c1c2ccccc2n2c3ccc4c5cc(N(c6ccccc6)c6ccccc6)cc6c(=O)c7ccccc7n(c65)c4c3c3cc(N(c4ccccc4)c4ccccc4)cc1c32. The number of nitrogens with zero attached hydrogens (tertiary/aromatic N) is 4. The predicted molar refractivity (Wildman–Crippen MR) is 258 cm³/mol. The number of hydrogen-bond donors (Lipinski definition) is 0. The van der Waals surface area contributed by atoms with Crippen molar-refractivity contribution >= 4 is 110 Å². The summed E-state index contributed by atoms with van der Waals surface area (Å²) in [4.78, 5) is 34.2. The van der Waals surface area contributed by atoms with Crippen molar-refractivity contribution in [3.8, 4) is 0 Å². The Hall–Kier alpha value is -8.48. The van der Waals surface area contributed by atoms with Gasteiger partial charge in [0.25, 0.3) is 0 Å².